The van der Waals surface area contributed by atoms with Crippen molar-refractivity contribution in [2.24, 2.45) is 11.8 Å². The fraction of sp³-hybridized carbons (Fsp3) is 0.267. The van der Waals surface area contributed by atoms with Gasteiger partial charge >= 0.3 is 0 Å². The Morgan fingerprint density at radius 3 is 2.19 bits per heavy atom. The molecular weight excluding hydrogens is 450 g/mol. The maximum atomic E-state index is 12.8. The molecule has 5 rings (SSSR count). The number of carbonyl (C=O) groups excluding carboxylic acids is 2. The second kappa shape index (κ2) is 10.3. The Kier molecular flexibility index (Phi) is 6.76. The average molecular weight is 482 g/mol. The maximum Gasteiger partial charge on any atom is 0.255 e. The first-order valence-electron chi connectivity index (χ1n) is 12.5. The Labute approximate surface area is 211 Å². The molecule has 3 N–H and O–H groups in total. The van der Waals surface area contributed by atoms with E-state index < -0.39 is 0 Å². The zero-order valence-electron chi connectivity index (χ0n) is 20.6. The number of rotatable bonds is 6. The second-order valence-corrected chi connectivity index (χ2v) is 9.69. The lowest BCUT2D eigenvalue weighted by atomic mass is 9.82. The van der Waals surface area contributed by atoms with Crippen LogP contribution in [0.5, 0.6) is 5.75 Å². The number of aromatic amines is 1. The van der Waals surface area contributed by atoms with E-state index in [0.29, 0.717) is 11.3 Å². The first-order valence-corrected chi connectivity index (χ1v) is 12.5. The van der Waals surface area contributed by atoms with E-state index in [-0.39, 0.29) is 17.7 Å². The monoisotopic (exact) mass is 481 g/mol. The first kappa shape index (κ1) is 23.7. The van der Waals surface area contributed by atoms with Gasteiger partial charge in [0.2, 0.25) is 5.91 Å². The number of anilines is 2. The third-order valence-corrected chi connectivity index (χ3v) is 7.08. The van der Waals surface area contributed by atoms with Gasteiger partial charge in [-0.15, -0.1) is 0 Å². The fourth-order valence-electron chi connectivity index (χ4n) is 4.81. The van der Waals surface area contributed by atoms with Gasteiger partial charge in [0.05, 0.1) is 7.11 Å². The lowest BCUT2D eigenvalue weighted by Gasteiger charge is -2.25. The number of amides is 2. The quantitative estimate of drug-likeness (QED) is 0.281. The van der Waals surface area contributed by atoms with E-state index >= 15 is 0 Å². The standard InChI is InChI=1S/C30H31N3O3/c1-19-3-5-21(6-4-19)29(34)31-24-10-7-20(8-11-24)28-18-23-17-22(9-16-27(23)33-28)30(35)32-25-12-14-26(36-2)15-13-25/h7-19,21,33H,3-6H2,1-2H3,(H,31,34)(H,32,35). The number of methoxy groups -OCH3 is 1. The van der Waals surface area contributed by atoms with Gasteiger partial charge in [0.1, 0.15) is 5.75 Å². The molecule has 4 aromatic rings. The van der Waals surface area contributed by atoms with Gasteiger partial charge in [-0.25, -0.2) is 0 Å². The third-order valence-electron chi connectivity index (χ3n) is 7.08. The summed E-state index contributed by atoms with van der Waals surface area (Å²) in [7, 11) is 1.61. The molecule has 1 aromatic heterocycles. The minimum Gasteiger partial charge on any atom is -0.497 e. The van der Waals surface area contributed by atoms with Crippen LogP contribution in [0.15, 0.2) is 72.8 Å². The molecule has 0 radical (unpaired) electrons. The first-order chi connectivity index (χ1) is 17.5. The second-order valence-electron chi connectivity index (χ2n) is 9.69. The van der Waals surface area contributed by atoms with Crippen LogP contribution < -0.4 is 15.4 Å². The molecule has 0 saturated heterocycles. The highest BCUT2D eigenvalue weighted by atomic mass is 16.5. The number of nitrogens with one attached hydrogen (secondary N) is 3. The number of aromatic nitrogens is 1. The predicted octanol–water partition coefficient (Wildman–Crippen LogP) is 6.86. The van der Waals surface area contributed by atoms with Crippen LogP contribution in [-0.2, 0) is 4.79 Å². The zero-order valence-corrected chi connectivity index (χ0v) is 20.6. The minimum atomic E-state index is -0.169. The Morgan fingerprint density at radius 1 is 0.833 bits per heavy atom. The van der Waals surface area contributed by atoms with Crippen molar-refractivity contribution >= 4 is 34.1 Å². The van der Waals surface area contributed by atoms with Gasteiger partial charge in [0.25, 0.3) is 5.91 Å². The maximum absolute atomic E-state index is 12.8. The Balaban J connectivity index is 1.26. The van der Waals surface area contributed by atoms with Crippen molar-refractivity contribution in [1.82, 2.24) is 4.98 Å². The highest BCUT2D eigenvalue weighted by Crippen LogP contribution is 2.30. The van der Waals surface area contributed by atoms with Crippen LogP contribution in [0.1, 0.15) is 43.0 Å². The van der Waals surface area contributed by atoms with Crippen LogP contribution in [0.4, 0.5) is 11.4 Å². The molecule has 6 heteroatoms. The molecule has 184 valence electrons. The van der Waals surface area contributed by atoms with Crippen molar-refractivity contribution < 1.29 is 14.3 Å². The van der Waals surface area contributed by atoms with Crippen molar-refractivity contribution in [2.75, 3.05) is 17.7 Å². The minimum absolute atomic E-state index is 0.116. The molecule has 0 aliphatic heterocycles. The molecule has 1 aliphatic carbocycles. The number of hydrogen-bond donors (Lipinski definition) is 3. The topological polar surface area (TPSA) is 83.2 Å². The van der Waals surface area contributed by atoms with E-state index in [1.165, 1.54) is 0 Å². The van der Waals surface area contributed by atoms with Gasteiger partial charge in [-0.3, -0.25) is 9.59 Å². The van der Waals surface area contributed by atoms with E-state index in [0.717, 1.165) is 65.2 Å². The number of H-pyrrole nitrogens is 1. The van der Waals surface area contributed by atoms with Crippen molar-refractivity contribution in [3.63, 3.8) is 0 Å². The van der Waals surface area contributed by atoms with Crippen molar-refractivity contribution in [1.29, 1.82) is 0 Å². The zero-order chi connectivity index (χ0) is 25.1. The molecule has 1 heterocycles. The summed E-state index contributed by atoms with van der Waals surface area (Å²) in [5.74, 6) is 1.54. The summed E-state index contributed by atoms with van der Waals surface area (Å²) < 4.78 is 5.16. The highest BCUT2D eigenvalue weighted by molar-refractivity contribution is 6.06. The number of carbonyl (C=O) groups is 2. The highest BCUT2D eigenvalue weighted by Gasteiger charge is 2.24. The van der Waals surface area contributed by atoms with E-state index in [9.17, 15) is 9.59 Å². The summed E-state index contributed by atoms with van der Waals surface area (Å²) >= 11 is 0. The molecule has 0 unspecified atom stereocenters. The lowest BCUT2D eigenvalue weighted by molar-refractivity contribution is -0.121. The smallest absolute Gasteiger partial charge is 0.255 e. The normalized spacial score (nSPS) is 17.5. The van der Waals surface area contributed by atoms with Gasteiger partial charge in [-0.1, -0.05) is 19.1 Å². The molecule has 1 fully saturated rings. The number of fused-ring (bicyclic) bond motifs is 1. The summed E-state index contributed by atoms with van der Waals surface area (Å²) in [6.07, 6.45) is 4.20. The fourth-order valence-corrected chi connectivity index (χ4v) is 4.81. The van der Waals surface area contributed by atoms with Gasteiger partial charge < -0.3 is 20.4 Å². The van der Waals surface area contributed by atoms with Crippen molar-refractivity contribution in [2.45, 2.75) is 32.6 Å². The Bertz CT molecular complexity index is 1370. The summed E-state index contributed by atoms with van der Waals surface area (Å²) in [5.41, 5.74) is 5.03. The average Bonchev–Trinajstić information content (AvgIpc) is 3.33. The summed E-state index contributed by atoms with van der Waals surface area (Å²) in [5, 5.41) is 6.95. The molecule has 36 heavy (non-hydrogen) atoms. The van der Waals surface area contributed by atoms with Crippen LogP contribution in [-0.4, -0.2) is 23.9 Å². The summed E-state index contributed by atoms with van der Waals surface area (Å²) in [6, 6.07) is 22.8. The summed E-state index contributed by atoms with van der Waals surface area (Å²) in [4.78, 5) is 28.8. The Morgan fingerprint density at radius 2 is 1.50 bits per heavy atom. The summed E-state index contributed by atoms with van der Waals surface area (Å²) in [6.45, 7) is 2.26. The van der Waals surface area contributed by atoms with Crippen molar-refractivity contribution in [3.8, 4) is 17.0 Å². The van der Waals surface area contributed by atoms with E-state index in [1.807, 2.05) is 72.8 Å². The van der Waals surface area contributed by atoms with Gasteiger partial charge in [0, 0.05) is 39.5 Å². The van der Waals surface area contributed by atoms with Crippen molar-refractivity contribution in [3.05, 3.63) is 78.4 Å². The SMILES string of the molecule is COc1ccc(NC(=O)c2ccc3[nH]c(-c4ccc(NC(=O)C5CCC(C)CC5)cc4)cc3c2)cc1. The van der Waals surface area contributed by atoms with E-state index in [1.54, 1.807) is 7.11 Å². The molecule has 1 saturated carbocycles. The number of benzene rings is 3. The largest absolute Gasteiger partial charge is 0.497 e. The van der Waals surface area contributed by atoms with E-state index in [2.05, 4.69) is 22.5 Å². The molecule has 6 nitrogen and oxygen atoms in total. The van der Waals surface area contributed by atoms with Gasteiger partial charge in [-0.05, 0) is 97.8 Å². The predicted molar refractivity (Wildman–Crippen MR) is 144 cm³/mol. The van der Waals surface area contributed by atoms with Crippen LogP contribution in [0.2, 0.25) is 0 Å². The van der Waals surface area contributed by atoms with Gasteiger partial charge in [-0.2, -0.15) is 0 Å². The number of hydrogen-bond acceptors (Lipinski definition) is 3. The molecule has 2 amide bonds. The van der Waals surface area contributed by atoms with Crippen LogP contribution in [0, 0.1) is 11.8 Å². The van der Waals surface area contributed by atoms with E-state index in [4.69, 9.17) is 4.74 Å². The Hall–Kier alpha value is -4.06. The van der Waals surface area contributed by atoms with Gasteiger partial charge in [0.15, 0.2) is 0 Å². The number of ether oxygens (including phenoxy) is 1. The molecule has 1 aliphatic rings. The molecule has 0 bridgehead atoms. The van der Waals surface area contributed by atoms with Crippen LogP contribution in [0.25, 0.3) is 22.2 Å². The van der Waals surface area contributed by atoms with Crippen LogP contribution >= 0.6 is 0 Å². The molecule has 3 aromatic carbocycles. The lowest BCUT2D eigenvalue weighted by Crippen LogP contribution is -2.26. The molecular formula is C30H31N3O3. The molecule has 0 atom stereocenters. The third kappa shape index (κ3) is 5.28. The molecule has 0 spiro atoms. The van der Waals surface area contributed by atoms with Crippen LogP contribution in [0.3, 0.4) is 0 Å².